The first-order chi connectivity index (χ1) is 13.5. The molecule has 0 spiro atoms. The van der Waals surface area contributed by atoms with Crippen LogP contribution < -0.4 is 4.90 Å². The van der Waals surface area contributed by atoms with Crippen molar-refractivity contribution in [3.63, 3.8) is 0 Å². The molecule has 1 saturated heterocycles. The number of pyridine rings is 1. The monoisotopic (exact) mass is 375 g/mol. The van der Waals surface area contributed by atoms with Gasteiger partial charge in [0.25, 0.3) is 5.91 Å². The summed E-state index contributed by atoms with van der Waals surface area (Å²) in [5.41, 5.74) is 3.03. The molecule has 0 unspecified atom stereocenters. The first-order valence-corrected chi connectivity index (χ1v) is 9.75. The Hall–Kier alpha value is -3.02. The quantitative estimate of drug-likeness (QED) is 0.697. The molecule has 1 fully saturated rings. The smallest absolute Gasteiger partial charge is 0.254 e. The van der Waals surface area contributed by atoms with Gasteiger partial charge in [0, 0.05) is 50.0 Å². The highest BCUT2D eigenvalue weighted by molar-refractivity contribution is 6.07. The van der Waals surface area contributed by atoms with E-state index in [2.05, 4.69) is 16.9 Å². The molecular formula is C22H25N5O. The van der Waals surface area contributed by atoms with Crippen LogP contribution >= 0.6 is 0 Å². The van der Waals surface area contributed by atoms with E-state index in [4.69, 9.17) is 4.98 Å². The Labute approximate surface area is 165 Å². The second-order valence-corrected chi connectivity index (χ2v) is 7.58. The molecule has 3 aromatic rings. The fourth-order valence-corrected chi connectivity index (χ4v) is 3.74. The number of carbonyl (C=O) groups is 1. The fourth-order valence-electron chi connectivity index (χ4n) is 3.74. The molecule has 6 nitrogen and oxygen atoms in total. The summed E-state index contributed by atoms with van der Waals surface area (Å²) in [6.45, 7) is 2.95. The highest BCUT2D eigenvalue weighted by Gasteiger charge is 2.26. The van der Waals surface area contributed by atoms with E-state index in [9.17, 15) is 4.79 Å². The average molecular weight is 375 g/mol. The van der Waals surface area contributed by atoms with Crippen LogP contribution in [0.15, 0.2) is 42.7 Å². The lowest BCUT2D eigenvalue weighted by molar-refractivity contribution is 0.0637. The summed E-state index contributed by atoms with van der Waals surface area (Å²) in [5.74, 6) is 0.723. The van der Waals surface area contributed by atoms with Gasteiger partial charge in [-0.25, -0.2) is 15.0 Å². The van der Waals surface area contributed by atoms with Gasteiger partial charge in [0.2, 0.25) is 5.95 Å². The van der Waals surface area contributed by atoms with Gasteiger partial charge in [-0.05, 0) is 38.3 Å². The molecule has 0 aliphatic carbocycles. The number of anilines is 1. The minimum absolute atomic E-state index is 0.0814. The van der Waals surface area contributed by atoms with Crippen molar-refractivity contribution in [2.24, 2.45) is 0 Å². The molecule has 1 aromatic carbocycles. The lowest BCUT2D eigenvalue weighted by Crippen LogP contribution is -2.42. The van der Waals surface area contributed by atoms with E-state index in [1.807, 2.05) is 54.2 Å². The Morgan fingerprint density at radius 1 is 1.14 bits per heavy atom. The predicted molar refractivity (Wildman–Crippen MR) is 111 cm³/mol. The molecule has 28 heavy (non-hydrogen) atoms. The largest absolute Gasteiger partial charge is 0.347 e. The summed E-state index contributed by atoms with van der Waals surface area (Å²) in [4.78, 5) is 30.8. The molecule has 3 heterocycles. The van der Waals surface area contributed by atoms with Gasteiger partial charge < -0.3 is 9.80 Å². The maximum atomic E-state index is 13.4. The van der Waals surface area contributed by atoms with Crippen LogP contribution in [0.3, 0.4) is 0 Å². The molecule has 0 radical (unpaired) electrons. The van der Waals surface area contributed by atoms with Gasteiger partial charge in [0.05, 0.1) is 16.8 Å². The molecule has 1 aliphatic heterocycles. The number of rotatable bonds is 3. The maximum absolute atomic E-state index is 13.4. The zero-order chi connectivity index (χ0) is 19.7. The number of amides is 1. The van der Waals surface area contributed by atoms with E-state index < -0.39 is 0 Å². The number of likely N-dealkylation sites (tertiary alicyclic amines) is 1. The highest BCUT2D eigenvalue weighted by atomic mass is 16.2. The number of aromatic nitrogens is 3. The molecule has 4 rings (SSSR count). The molecule has 6 heteroatoms. The standard InChI is InChI=1S/C22H25N5O/c1-15-8-6-7-11-27(15)21(28)18-12-20(25-19-10-5-4-9-17(18)19)16-13-23-22(24-14-16)26(2)3/h4-5,9-10,12-15H,6-8,11H2,1-3H3/t15-/m0/s1. The van der Waals surface area contributed by atoms with Gasteiger partial charge in [-0.1, -0.05) is 18.2 Å². The van der Waals surface area contributed by atoms with Gasteiger partial charge in [-0.3, -0.25) is 4.79 Å². The number of hydrogen-bond acceptors (Lipinski definition) is 5. The Morgan fingerprint density at radius 2 is 1.89 bits per heavy atom. The predicted octanol–water partition coefficient (Wildman–Crippen LogP) is 3.77. The van der Waals surface area contributed by atoms with Crippen molar-refractivity contribution in [1.82, 2.24) is 19.9 Å². The van der Waals surface area contributed by atoms with Crippen LogP contribution in [0.25, 0.3) is 22.2 Å². The lowest BCUT2D eigenvalue weighted by atomic mass is 10.00. The van der Waals surface area contributed by atoms with E-state index in [0.29, 0.717) is 11.5 Å². The molecular weight excluding hydrogens is 350 g/mol. The second kappa shape index (κ2) is 7.54. The number of para-hydroxylation sites is 1. The highest BCUT2D eigenvalue weighted by Crippen LogP contribution is 2.27. The number of hydrogen-bond donors (Lipinski definition) is 0. The summed E-state index contributed by atoms with van der Waals surface area (Å²) < 4.78 is 0. The second-order valence-electron chi connectivity index (χ2n) is 7.58. The van der Waals surface area contributed by atoms with Crippen molar-refractivity contribution in [2.75, 3.05) is 25.5 Å². The molecule has 0 N–H and O–H groups in total. The zero-order valence-corrected chi connectivity index (χ0v) is 16.6. The lowest BCUT2D eigenvalue weighted by Gasteiger charge is -2.33. The number of carbonyl (C=O) groups excluding carboxylic acids is 1. The minimum Gasteiger partial charge on any atom is -0.347 e. The zero-order valence-electron chi connectivity index (χ0n) is 16.6. The number of piperidine rings is 1. The Balaban J connectivity index is 1.80. The molecule has 0 bridgehead atoms. The third kappa shape index (κ3) is 3.42. The SMILES string of the molecule is C[C@H]1CCCCN1C(=O)c1cc(-c2cnc(N(C)C)nc2)nc2ccccc12. The molecule has 1 aliphatic rings. The van der Waals surface area contributed by atoms with Crippen molar-refractivity contribution in [3.8, 4) is 11.3 Å². The van der Waals surface area contributed by atoms with Crippen LogP contribution in [0.5, 0.6) is 0 Å². The number of nitrogens with zero attached hydrogens (tertiary/aromatic N) is 5. The van der Waals surface area contributed by atoms with E-state index in [1.54, 1.807) is 12.4 Å². The Morgan fingerprint density at radius 3 is 2.61 bits per heavy atom. The van der Waals surface area contributed by atoms with Gasteiger partial charge in [0.15, 0.2) is 0 Å². The summed E-state index contributed by atoms with van der Waals surface area (Å²) in [7, 11) is 3.81. The van der Waals surface area contributed by atoms with Crippen LogP contribution in [0.4, 0.5) is 5.95 Å². The van der Waals surface area contributed by atoms with Gasteiger partial charge >= 0.3 is 0 Å². The summed E-state index contributed by atoms with van der Waals surface area (Å²) in [6, 6.07) is 9.97. The molecule has 1 amide bonds. The molecule has 0 saturated carbocycles. The average Bonchev–Trinajstić information content (AvgIpc) is 2.73. The number of fused-ring (bicyclic) bond motifs is 1. The Kier molecular flexibility index (Phi) is 4.94. The third-order valence-electron chi connectivity index (χ3n) is 5.34. The fraction of sp³-hybridized carbons (Fsp3) is 0.364. The van der Waals surface area contributed by atoms with Crippen molar-refractivity contribution in [1.29, 1.82) is 0 Å². The normalized spacial score (nSPS) is 17.0. The van der Waals surface area contributed by atoms with Gasteiger partial charge in [-0.15, -0.1) is 0 Å². The first kappa shape index (κ1) is 18.3. The van der Waals surface area contributed by atoms with Crippen molar-refractivity contribution < 1.29 is 4.79 Å². The first-order valence-electron chi connectivity index (χ1n) is 9.75. The van der Waals surface area contributed by atoms with E-state index in [0.717, 1.165) is 41.5 Å². The van der Waals surface area contributed by atoms with Gasteiger partial charge in [0.1, 0.15) is 0 Å². The van der Waals surface area contributed by atoms with Crippen LogP contribution in [-0.4, -0.2) is 52.4 Å². The van der Waals surface area contributed by atoms with Crippen LogP contribution in [0.2, 0.25) is 0 Å². The van der Waals surface area contributed by atoms with Crippen molar-refractivity contribution in [3.05, 3.63) is 48.3 Å². The van der Waals surface area contributed by atoms with Crippen molar-refractivity contribution >= 4 is 22.8 Å². The van der Waals surface area contributed by atoms with E-state index >= 15 is 0 Å². The Bertz CT molecular complexity index is 999. The molecule has 1 atom stereocenters. The van der Waals surface area contributed by atoms with Crippen LogP contribution in [0.1, 0.15) is 36.5 Å². The summed E-state index contributed by atoms with van der Waals surface area (Å²) in [5, 5.41) is 0.889. The maximum Gasteiger partial charge on any atom is 0.254 e. The minimum atomic E-state index is 0.0814. The van der Waals surface area contributed by atoms with E-state index in [-0.39, 0.29) is 11.9 Å². The third-order valence-corrected chi connectivity index (χ3v) is 5.34. The van der Waals surface area contributed by atoms with Crippen LogP contribution in [0, 0.1) is 0 Å². The summed E-state index contributed by atoms with van der Waals surface area (Å²) >= 11 is 0. The van der Waals surface area contributed by atoms with Gasteiger partial charge in [-0.2, -0.15) is 0 Å². The molecule has 2 aromatic heterocycles. The van der Waals surface area contributed by atoms with Crippen LogP contribution in [-0.2, 0) is 0 Å². The van der Waals surface area contributed by atoms with Crippen molar-refractivity contribution in [2.45, 2.75) is 32.2 Å². The summed E-state index contributed by atoms with van der Waals surface area (Å²) in [6.07, 6.45) is 6.82. The topological polar surface area (TPSA) is 62.2 Å². The number of benzene rings is 1. The van der Waals surface area contributed by atoms with E-state index in [1.165, 1.54) is 6.42 Å². The molecule has 144 valence electrons.